The Balaban J connectivity index is 1.38. The van der Waals surface area contributed by atoms with E-state index >= 15 is 0 Å². The van der Waals surface area contributed by atoms with Crippen molar-refractivity contribution < 1.29 is 18.0 Å². The molecule has 7 nitrogen and oxygen atoms in total. The number of carbonyl (C=O) groups is 2. The van der Waals surface area contributed by atoms with Gasteiger partial charge in [0, 0.05) is 45.0 Å². The van der Waals surface area contributed by atoms with Crippen LogP contribution < -0.4 is 0 Å². The Morgan fingerprint density at radius 3 is 2.44 bits per heavy atom. The Hall–Kier alpha value is -2.35. The Morgan fingerprint density at radius 2 is 1.81 bits per heavy atom. The molecule has 0 spiro atoms. The van der Waals surface area contributed by atoms with Gasteiger partial charge in [0.2, 0.25) is 11.8 Å². The van der Waals surface area contributed by atoms with Crippen molar-refractivity contribution in [1.29, 1.82) is 0 Å². The van der Waals surface area contributed by atoms with Crippen LogP contribution in [0.4, 0.5) is 0 Å². The minimum atomic E-state index is -3.62. The molecule has 8 heteroatoms. The Bertz CT molecular complexity index is 939. The lowest BCUT2D eigenvalue weighted by atomic mass is 10.2. The zero-order valence-electron chi connectivity index (χ0n) is 15.3. The number of allylic oxidation sites excluding steroid dienone is 1. The third-order valence-corrected chi connectivity index (χ3v) is 7.63. The molecular weight excluding hydrogens is 366 g/mol. The van der Waals surface area contributed by atoms with Crippen LogP contribution in [-0.4, -0.2) is 66.4 Å². The maximum absolute atomic E-state index is 12.9. The van der Waals surface area contributed by atoms with E-state index in [1.807, 2.05) is 6.08 Å². The number of sulfone groups is 1. The lowest BCUT2D eigenvalue weighted by Gasteiger charge is -2.24. The first kappa shape index (κ1) is 18.0. The number of nitrogens with one attached hydrogen (secondary N) is 1. The molecule has 27 heavy (non-hydrogen) atoms. The fraction of sp³-hybridized carbons (Fsp3) is 0.474. The Kier molecular flexibility index (Phi) is 4.46. The van der Waals surface area contributed by atoms with Crippen LogP contribution in [0.2, 0.25) is 0 Å². The van der Waals surface area contributed by atoms with E-state index in [9.17, 15) is 18.0 Å². The molecule has 144 valence electrons. The number of hydrogen-bond donors (Lipinski definition) is 1. The molecule has 1 aromatic heterocycles. The van der Waals surface area contributed by atoms with Gasteiger partial charge >= 0.3 is 0 Å². The topological polar surface area (TPSA) is 90.6 Å². The second-order valence-electron chi connectivity index (χ2n) is 7.37. The summed E-state index contributed by atoms with van der Waals surface area (Å²) in [6.07, 6.45) is 8.73. The van der Waals surface area contributed by atoms with Crippen LogP contribution in [-0.2, 0) is 25.8 Å². The molecule has 0 radical (unpaired) electrons. The molecule has 3 aliphatic rings. The summed E-state index contributed by atoms with van der Waals surface area (Å²) in [6, 6.07) is 0. The third-order valence-electron chi connectivity index (χ3n) is 5.52. The molecule has 0 aliphatic carbocycles. The fourth-order valence-corrected chi connectivity index (χ4v) is 5.90. The number of aromatic amines is 1. The summed E-state index contributed by atoms with van der Waals surface area (Å²) in [6.45, 7) is 3.93. The number of unbranched alkanes of at least 4 members (excludes halogenated alkanes) is 1. The first-order valence-electron chi connectivity index (χ1n) is 9.25. The highest BCUT2D eigenvalue weighted by Crippen LogP contribution is 2.34. The summed E-state index contributed by atoms with van der Waals surface area (Å²) in [5, 5.41) is -1.02. The maximum atomic E-state index is 12.9. The number of fused-ring (bicyclic) bond motifs is 1. The number of nitrogens with zero attached hydrogens (tertiary/aromatic N) is 2. The Labute approximate surface area is 158 Å². The van der Waals surface area contributed by atoms with Crippen LogP contribution in [0.3, 0.4) is 0 Å². The first-order chi connectivity index (χ1) is 12.9. The van der Waals surface area contributed by atoms with Gasteiger partial charge in [0.15, 0.2) is 9.84 Å². The fourth-order valence-electron chi connectivity index (χ4n) is 4.04. The third kappa shape index (κ3) is 3.01. The smallest absolute Gasteiger partial charge is 0.246 e. The lowest BCUT2D eigenvalue weighted by Crippen LogP contribution is -2.43. The van der Waals surface area contributed by atoms with Crippen LogP contribution in [0.15, 0.2) is 40.6 Å². The molecule has 4 rings (SSSR count). The predicted molar refractivity (Wildman–Crippen MR) is 99.7 cm³/mol. The van der Waals surface area contributed by atoms with Gasteiger partial charge in [-0.25, -0.2) is 8.42 Å². The molecular formula is C19H23N3O4S. The SMILES string of the molecule is CCC/C=C/C(=O)N1CC2=C(C1)CN(C(=O)C1Cc3c[nH]cc3S1(=O)=O)C2. The van der Waals surface area contributed by atoms with Gasteiger partial charge in [-0.05, 0) is 29.2 Å². The van der Waals surface area contributed by atoms with E-state index < -0.39 is 15.1 Å². The van der Waals surface area contributed by atoms with Gasteiger partial charge in [0.1, 0.15) is 5.25 Å². The average molecular weight is 389 g/mol. The summed E-state index contributed by atoms with van der Waals surface area (Å²) in [5.74, 6) is -0.338. The molecule has 0 bridgehead atoms. The van der Waals surface area contributed by atoms with Gasteiger partial charge in [-0.3, -0.25) is 9.59 Å². The van der Waals surface area contributed by atoms with Crippen molar-refractivity contribution >= 4 is 21.7 Å². The summed E-state index contributed by atoms with van der Waals surface area (Å²) in [4.78, 5) is 31.5. The molecule has 1 unspecified atom stereocenters. The molecule has 1 atom stereocenters. The number of amides is 2. The summed E-state index contributed by atoms with van der Waals surface area (Å²) < 4.78 is 25.2. The quantitative estimate of drug-likeness (QED) is 0.616. The molecule has 1 N–H and O–H groups in total. The van der Waals surface area contributed by atoms with Crippen molar-refractivity contribution in [3.8, 4) is 0 Å². The van der Waals surface area contributed by atoms with Crippen molar-refractivity contribution in [2.45, 2.75) is 36.3 Å². The van der Waals surface area contributed by atoms with Gasteiger partial charge in [-0.15, -0.1) is 0 Å². The van der Waals surface area contributed by atoms with E-state index in [4.69, 9.17) is 0 Å². The molecule has 1 aromatic rings. The van der Waals surface area contributed by atoms with Crippen LogP contribution in [0.5, 0.6) is 0 Å². The van der Waals surface area contributed by atoms with Gasteiger partial charge in [0.05, 0.1) is 4.90 Å². The van der Waals surface area contributed by atoms with Crippen molar-refractivity contribution in [3.05, 3.63) is 41.3 Å². The van der Waals surface area contributed by atoms with Crippen molar-refractivity contribution in [2.75, 3.05) is 26.2 Å². The standard InChI is InChI=1S/C19H23N3O4S/c1-2-3-4-5-18(23)21-9-14-11-22(12-15(14)10-21)19(24)16-6-13-7-20-8-17(13)27(16,25)26/h4-5,7-8,16,20H,2-3,6,9-12H2,1H3/b5-4+. The molecule has 0 fully saturated rings. The van der Waals surface area contributed by atoms with E-state index in [0.29, 0.717) is 31.7 Å². The number of hydrogen-bond acceptors (Lipinski definition) is 4. The number of aromatic nitrogens is 1. The van der Waals surface area contributed by atoms with Crippen LogP contribution >= 0.6 is 0 Å². The Morgan fingerprint density at radius 1 is 1.15 bits per heavy atom. The van der Waals surface area contributed by atoms with E-state index in [1.165, 1.54) is 6.20 Å². The van der Waals surface area contributed by atoms with Gasteiger partial charge in [-0.1, -0.05) is 19.4 Å². The summed E-state index contributed by atoms with van der Waals surface area (Å²) in [5.41, 5.74) is 2.82. The zero-order chi connectivity index (χ0) is 19.2. The monoisotopic (exact) mass is 389 g/mol. The molecule has 3 aliphatic heterocycles. The minimum absolute atomic E-state index is 0.00621. The van der Waals surface area contributed by atoms with Crippen LogP contribution in [0, 0.1) is 0 Å². The molecule has 0 saturated carbocycles. The van der Waals surface area contributed by atoms with Crippen LogP contribution in [0.25, 0.3) is 0 Å². The van der Waals surface area contributed by atoms with Crippen LogP contribution in [0.1, 0.15) is 25.3 Å². The maximum Gasteiger partial charge on any atom is 0.246 e. The van der Waals surface area contributed by atoms with E-state index in [1.54, 1.807) is 22.1 Å². The largest absolute Gasteiger partial charge is 0.366 e. The number of rotatable bonds is 4. The normalized spacial score (nSPS) is 23.4. The van der Waals surface area contributed by atoms with Crippen molar-refractivity contribution in [3.63, 3.8) is 0 Å². The highest BCUT2D eigenvalue weighted by Gasteiger charge is 2.46. The van der Waals surface area contributed by atoms with E-state index in [2.05, 4.69) is 11.9 Å². The molecule has 0 saturated heterocycles. The van der Waals surface area contributed by atoms with E-state index in [-0.39, 0.29) is 23.1 Å². The molecule has 2 amide bonds. The summed E-state index contributed by atoms with van der Waals surface area (Å²) >= 11 is 0. The second-order valence-corrected chi connectivity index (χ2v) is 9.47. The highest BCUT2D eigenvalue weighted by atomic mass is 32.2. The van der Waals surface area contributed by atoms with Gasteiger partial charge < -0.3 is 14.8 Å². The first-order valence-corrected chi connectivity index (χ1v) is 10.8. The number of carbonyl (C=O) groups excluding carboxylic acids is 2. The highest BCUT2D eigenvalue weighted by molar-refractivity contribution is 7.93. The molecule has 4 heterocycles. The molecule has 0 aromatic carbocycles. The van der Waals surface area contributed by atoms with Gasteiger partial charge in [-0.2, -0.15) is 0 Å². The summed E-state index contributed by atoms with van der Waals surface area (Å²) in [7, 11) is -3.62. The van der Waals surface area contributed by atoms with E-state index in [0.717, 1.165) is 24.0 Å². The minimum Gasteiger partial charge on any atom is -0.366 e. The van der Waals surface area contributed by atoms with Crippen molar-refractivity contribution in [2.24, 2.45) is 0 Å². The average Bonchev–Trinajstić information content (AvgIpc) is 3.35. The predicted octanol–water partition coefficient (Wildman–Crippen LogP) is 1.05. The van der Waals surface area contributed by atoms with Gasteiger partial charge in [0.25, 0.3) is 0 Å². The zero-order valence-corrected chi connectivity index (χ0v) is 16.1. The van der Waals surface area contributed by atoms with Crippen molar-refractivity contribution in [1.82, 2.24) is 14.8 Å². The lowest BCUT2D eigenvalue weighted by molar-refractivity contribution is -0.129. The second kappa shape index (κ2) is 6.67. The number of H-pyrrole nitrogens is 1.